The fourth-order valence-corrected chi connectivity index (χ4v) is 3.02. The minimum Gasteiger partial charge on any atom is -0.430 e. The molecule has 1 aliphatic heterocycles. The molecule has 1 aromatic heterocycles. The number of fused-ring (bicyclic) bond motifs is 1. The molecule has 22 heavy (non-hydrogen) atoms. The number of nitrogens with one attached hydrogen (secondary N) is 1. The van der Waals surface area contributed by atoms with Crippen molar-refractivity contribution in [3.63, 3.8) is 0 Å². The number of rotatable bonds is 2. The summed E-state index contributed by atoms with van der Waals surface area (Å²) in [7, 11) is 0. The second kappa shape index (κ2) is 5.90. The van der Waals surface area contributed by atoms with E-state index in [1.54, 1.807) is 18.2 Å². The number of amides is 1. The highest BCUT2D eigenvalue weighted by molar-refractivity contribution is 7.12. The van der Waals surface area contributed by atoms with Gasteiger partial charge >= 0.3 is 5.97 Å². The standard InChI is InChI=1S/C15H11ClN2O3S/c1-8(19)21-15-14(20)17-11-5-4-9(16)7-10(11)13(18-15)12-3-2-6-22-12/h2-7,15H,1H3,(H,17,20). The van der Waals surface area contributed by atoms with E-state index >= 15 is 0 Å². The molecule has 0 saturated heterocycles. The van der Waals surface area contributed by atoms with Crippen LogP contribution in [-0.4, -0.2) is 23.8 Å². The highest BCUT2D eigenvalue weighted by atomic mass is 35.5. The number of carbonyl (C=O) groups excluding carboxylic acids is 2. The zero-order chi connectivity index (χ0) is 15.7. The van der Waals surface area contributed by atoms with Crippen LogP contribution in [0.25, 0.3) is 0 Å². The Hall–Kier alpha value is -2.18. The van der Waals surface area contributed by atoms with Crippen LogP contribution in [0.5, 0.6) is 0 Å². The molecule has 1 amide bonds. The van der Waals surface area contributed by atoms with E-state index in [4.69, 9.17) is 16.3 Å². The first-order valence-corrected chi connectivity index (χ1v) is 7.70. The number of aliphatic imine (C=N–C) groups is 1. The maximum absolute atomic E-state index is 12.2. The van der Waals surface area contributed by atoms with Gasteiger partial charge in [-0.2, -0.15) is 0 Å². The molecular formula is C15H11ClN2O3S. The van der Waals surface area contributed by atoms with E-state index in [-0.39, 0.29) is 0 Å². The lowest BCUT2D eigenvalue weighted by Gasteiger charge is -2.10. The summed E-state index contributed by atoms with van der Waals surface area (Å²) in [5.41, 5.74) is 1.84. The lowest BCUT2D eigenvalue weighted by molar-refractivity contribution is -0.151. The van der Waals surface area contributed by atoms with Gasteiger partial charge in [0.25, 0.3) is 12.1 Å². The lowest BCUT2D eigenvalue weighted by atomic mass is 10.1. The maximum Gasteiger partial charge on any atom is 0.305 e. The number of benzene rings is 1. The van der Waals surface area contributed by atoms with E-state index in [9.17, 15) is 9.59 Å². The first kappa shape index (κ1) is 14.7. The topological polar surface area (TPSA) is 67.8 Å². The molecular weight excluding hydrogens is 324 g/mol. The molecule has 2 heterocycles. The molecule has 1 aromatic carbocycles. The molecule has 7 heteroatoms. The summed E-state index contributed by atoms with van der Waals surface area (Å²) >= 11 is 7.54. The Labute approximate surface area is 135 Å². The molecule has 2 aromatic rings. The van der Waals surface area contributed by atoms with Gasteiger partial charge in [-0.05, 0) is 29.6 Å². The summed E-state index contributed by atoms with van der Waals surface area (Å²) in [6.07, 6.45) is -1.22. The summed E-state index contributed by atoms with van der Waals surface area (Å²) < 4.78 is 5.01. The zero-order valence-corrected chi connectivity index (χ0v) is 13.1. The number of hydrogen-bond donors (Lipinski definition) is 1. The Balaban J connectivity index is 2.17. The van der Waals surface area contributed by atoms with Gasteiger partial charge in [-0.1, -0.05) is 17.7 Å². The van der Waals surface area contributed by atoms with Gasteiger partial charge in [0.1, 0.15) is 0 Å². The normalized spacial score (nSPS) is 17.1. The molecule has 3 rings (SSSR count). The highest BCUT2D eigenvalue weighted by Crippen LogP contribution is 2.28. The summed E-state index contributed by atoms with van der Waals surface area (Å²) in [6.45, 7) is 1.24. The predicted octanol–water partition coefficient (Wildman–Crippen LogP) is 3.08. The first-order chi connectivity index (χ1) is 10.5. The number of nitrogens with zero attached hydrogens (tertiary/aromatic N) is 1. The SMILES string of the molecule is CC(=O)OC1N=C(c2cccs2)c2cc(Cl)ccc2NC1=O. The molecule has 1 N–H and O–H groups in total. The van der Waals surface area contributed by atoms with E-state index in [2.05, 4.69) is 10.3 Å². The fraction of sp³-hybridized carbons (Fsp3) is 0.133. The monoisotopic (exact) mass is 334 g/mol. The van der Waals surface area contributed by atoms with Crippen LogP contribution >= 0.6 is 22.9 Å². The van der Waals surface area contributed by atoms with Crippen LogP contribution in [0, 0.1) is 0 Å². The van der Waals surface area contributed by atoms with Crippen molar-refractivity contribution >= 4 is 46.2 Å². The van der Waals surface area contributed by atoms with Gasteiger partial charge in [-0.25, -0.2) is 4.99 Å². The van der Waals surface area contributed by atoms with Crippen molar-refractivity contribution in [2.24, 2.45) is 4.99 Å². The molecule has 0 radical (unpaired) electrons. The van der Waals surface area contributed by atoms with Gasteiger partial charge in [0.05, 0.1) is 16.3 Å². The summed E-state index contributed by atoms with van der Waals surface area (Å²) in [5.74, 6) is -1.07. The van der Waals surface area contributed by atoms with Crippen molar-refractivity contribution in [2.45, 2.75) is 13.2 Å². The highest BCUT2D eigenvalue weighted by Gasteiger charge is 2.28. The number of carbonyl (C=O) groups is 2. The van der Waals surface area contributed by atoms with Crippen LogP contribution in [-0.2, 0) is 14.3 Å². The second-order valence-corrected chi connectivity index (χ2v) is 5.98. The van der Waals surface area contributed by atoms with Crippen LogP contribution < -0.4 is 5.32 Å². The first-order valence-electron chi connectivity index (χ1n) is 6.44. The second-order valence-electron chi connectivity index (χ2n) is 4.60. The molecule has 112 valence electrons. The van der Waals surface area contributed by atoms with Crippen molar-refractivity contribution in [1.82, 2.24) is 0 Å². The van der Waals surface area contributed by atoms with E-state index in [0.29, 0.717) is 22.0 Å². The van der Waals surface area contributed by atoms with Crippen LogP contribution in [0.4, 0.5) is 5.69 Å². The third-order valence-electron chi connectivity index (χ3n) is 3.00. The Kier molecular flexibility index (Phi) is 3.96. The van der Waals surface area contributed by atoms with E-state index < -0.39 is 18.1 Å². The molecule has 0 saturated carbocycles. The van der Waals surface area contributed by atoms with Gasteiger partial charge < -0.3 is 10.1 Å². The predicted molar refractivity (Wildman–Crippen MR) is 85.6 cm³/mol. The number of anilines is 1. The zero-order valence-electron chi connectivity index (χ0n) is 11.5. The van der Waals surface area contributed by atoms with E-state index in [1.165, 1.54) is 18.3 Å². The average Bonchev–Trinajstić information content (AvgIpc) is 2.95. The quantitative estimate of drug-likeness (QED) is 0.858. The van der Waals surface area contributed by atoms with E-state index in [0.717, 1.165) is 4.88 Å². The number of hydrogen-bond acceptors (Lipinski definition) is 5. The van der Waals surface area contributed by atoms with Crippen molar-refractivity contribution in [1.29, 1.82) is 0 Å². The Morgan fingerprint density at radius 2 is 2.23 bits per heavy atom. The molecule has 1 aliphatic rings. The molecule has 0 bridgehead atoms. The van der Waals surface area contributed by atoms with Crippen molar-refractivity contribution in [2.75, 3.05) is 5.32 Å². The van der Waals surface area contributed by atoms with Crippen molar-refractivity contribution < 1.29 is 14.3 Å². The van der Waals surface area contributed by atoms with Crippen LogP contribution in [0.1, 0.15) is 17.4 Å². The molecule has 1 unspecified atom stereocenters. The lowest BCUT2D eigenvalue weighted by Crippen LogP contribution is -2.29. The third-order valence-corrected chi connectivity index (χ3v) is 4.11. The van der Waals surface area contributed by atoms with E-state index in [1.807, 2.05) is 17.5 Å². The Morgan fingerprint density at radius 3 is 2.91 bits per heavy atom. The summed E-state index contributed by atoms with van der Waals surface area (Å²) in [5, 5.41) is 5.15. The number of halogens is 1. The Morgan fingerprint density at radius 1 is 1.41 bits per heavy atom. The van der Waals surface area contributed by atoms with Crippen LogP contribution in [0.15, 0.2) is 40.7 Å². The largest absolute Gasteiger partial charge is 0.430 e. The van der Waals surface area contributed by atoms with Gasteiger partial charge in [0, 0.05) is 17.5 Å². The number of benzodiazepines with no additional fused rings is 1. The smallest absolute Gasteiger partial charge is 0.305 e. The molecule has 0 fully saturated rings. The minimum absolute atomic E-state index is 0.495. The molecule has 0 spiro atoms. The van der Waals surface area contributed by atoms with Gasteiger partial charge in [-0.3, -0.25) is 9.59 Å². The molecule has 5 nitrogen and oxygen atoms in total. The maximum atomic E-state index is 12.2. The number of esters is 1. The number of thiophene rings is 1. The molecule has 1 atom stereocenters. The van der Waals surface area contributed by atoms with Crippen LogP contribution in [0.3, 0.4) is 0 Å². The van der Waals surface area contributed by atoms with Crippen LogP contribution in [0.2, 0.25) is 5.02 Å². The Bertz CT molecular complexity index is 771. The molecule has 0 aliphatic carbocycles. The van der Waals surface area contributed by atoms with Gasteiger partial charge in [-0.15, -0.1) is 11.3 Å². The fourth-order valence-electron chi connectivity index (χ4n) is 2.11. The number of ether oxygens (including phenoxy) is 1. The third kappa shape index (κ3) is 2.88. The minimum atomic E-state index is -1.22. The average molecular weight is 335 g/mol. The van der Waals surface area contributed by atoms with Crippen molar-refractivity contribution in [3.05, 3.63) is 51.2 Å². The van der Waals surface area contributed by atoms with Gasteiger partial charge in [0.15, 0.2) is 0 Å². The summed E-state index contributed by atoms with van der Waals surface area (Å²) in [4.78, 5) is 28.6. The van der Waals surface area contributed by atoms with Crippen molar-refractivity contribution in [3.8, 4) is 0 Å². The van der Waals surface area contributed by atoms with Gasteiger partial charge in [0.2, 0.25) is 0 Å². The summed E-state index contributed by atoms with van der Waals surface area (Å²) in [6, 6.07) is 8.88.